The summed E-state index contributed by atoms with van der Waals surface area (Å²) in [5.74, 6) is -0.990. The molecule has 3 amide bonds. The molecule has 0 unspecified atom stereocenters. The number of nitrogens with one attached hydrogen (secondary N) is 2. The highest BCUT2D eigenvalue weighted by Gasteiger charge is 2.33. The average Bonchev–Trinajstić information content (AvgIpc) is 3.76. The molecule has 3 aromatic rings. The number of urea groups is 1. The average molecular weight is 514 g/mol. The molecule has 36 heavy (non-hydrogen) atoms. The van der Waals surface area contributed by atoms with E-state index in [9.17, 15) is 9.59 Å². The maximum Gasteiger partial charge on any atom is 0.319 e. The van der Waals surface area contributed by atoms with E-state index < -0.39 is 17.8 Å². The van der Waals surface area contributed by atoms with Gasteiger partial charge in [-0.2, -0.15) is 0 Å². The van der Waals surface area contributed by atoms with Crippen LogP contribution in [0.5, 0.6) is 17.2 Å². The van der Waals surface area contributed by atoms with Gasteiger partial charge in [-0.3, -0.25) is 9.78 Å². The number of carbonyl (C=O) groups excluding carboxylic acids is 2. The monoisotopic (exact) mass is 513 g/mol. The molecule has 2 aliphatic rings. The minimum absolute atomic E-state index is 0.105. The SMILES string of the molecule is COc1cc2nccc(Oc3c(F)cc(NC(=O)NC4CC4)c(Cl)c3N(C)C3CC3)c2cc1C(N)=O. The summed E-state index contributed by atoms with van der Waals surface area (Å²) in [6.07, 6.45) is 5.19. The lowest BCUT2D eigenvalue weighted by molar-refractivity contribution is 0.0997. The number of benzene rings is 2. The third-order valence-electron chi connectivity index (χ3n) is 6.26. The molecule has 0 bridgehead atoms. The van der Waals surface area contributed by atoms with Gasteiger partial charge >= 0.3 is 6.03 Å². The van der Waals surface area contributed by atoms with Crippen LogP contribution in [0.1, 0.15) is 36.0 Å². The van der Waals surface area contributed by atoms with Gasteiger partial charge < -0.3 is 30.7 Å². The lowest BCUT2D eigenvalue weighted by Gasteiger charge is -2.25. The Bertz CT molecular complexity index is 1380. The van der Waals surface area contributed by atoms with Gasteiger partial charge in [0.25, 0.3) is 5.91 Å². The number of nitrogens with zero attached hydrogens (tertiary/aromatic N) is 2. The minimum atomic E-state index is -0.711. The van der Waals surface area contributed by atoms with E-state index in [1.54, 1.807) is 19.2 Å². The van der Waals surface area contributed by atoms with Gasteiger partial charge in [-0.25, -0.2) is 9.18 Å². The Morgan fingerprint density at radius 1 is 1.19 bits per heavy atom. The number of hydrogen-bond donors (Lipinski definition) is 3. The molecule has 0 saturated heterocycles. The molecule has 11 heteroatoms. The number of anilines is 2. The van der Waals surface area contributed by atoms with Crippen molar-refractivity contribution in [3.05, 3.63) is 46.9 Å². The number of primary amides is 1. The Morgan fingerprint density at radius 2 is 1.94 bits per heavy atom. The Balaban J connectivity index is 1.58. The topological polar surface area (TPSA) is 119 Å². The van der Waals surface area contributed by atoms with Gasteiger partial charge in [0.15, 0.2) is 11.6 Å². The van der Waals surface area contributed by atoms with Gasteiger partial charge in [0, 0.05) is 42.8 Å². The highest BCUT2D eigenvalue weighted by atomic mass is 35.5. The second-order valence-electron chi connectivity index (χ2n) is 8.96. The van der Waals surface area contributed by atoms with Crippen LogP contribution in [0.15, 0.2) is 30.5 Å². The van der Waals surface area contributed by atoms with Crippen molar-refractivity contribution < 1.29 is 23.5 Å². The molecule has 9 nitrogen and oxygen atoms in total. The fourth-order valence-electron chi connectivity index (χ4n) is 4.02. The first kappa shape index (κ1) is 23.9. The number of carbonyl (C=O) groups is 2. The van der Waals surface area contributed by atoms with E-state index >= 15 is 4.39 Å². The molecule has 2 aliphatic carbocycles. The van der Waals surface area contributed by atoms with Crippen LogP contribution in [0, 0.1) is 5.82 Å². The molecule has 4 N–H and O–H groups in total. The molecule has 2 aromatic carbocycles. The quantitative estimate of drug-likeness (QED) is 0.398. The smallest absolute Gasteiger partial charge is 0.319 e. The van der Waals surface area contributed by atoms with Gasteiger partial charge in [0.1, 0.15) is 17.2 Å². The number of ether oxygens (including phenoxy) is 2. The molecule has 0 aliphatic heterocycles. The van der Waals surface area contributed by atoms with Crippen molar-refractivity contribution in [3.63, 3.8) is 0 Å². The predicted octanol–water partition coefficient (Wildman–Crippen LogP) is 4.81. The molecule has 0 radical (unpaired) electrons. The van der Waals surface area contributed by atoms with Crippen LogP contribution < -0.4 is 30.7 Å². The molecular weight excluding hydrogens is 489 g/mol. The van der Waals surface area contributed by atoms with E-state index in [4.69, 9.17) is 26.8 Å². The summed E-state index contributed by atoms with van der Waals surface area (Å²) in [5, 5.41) is 6.05. The predicted molar refractivity (Wildman–Crippen MR) is 135 cm³/mol. The van der Waals surface area contributed by atoms with Crippen molar-refractivity contribution in [1.29, 1.82) is 0 Å². The summed E-state index contributed by atoms with van der Waals surface area (Å²) in [7, 11) is 3.23. The number of halogens is 2. The second kappa shape index (κ2) is 9.34. The summed E-state index contributed by atoms with van der Waals surface area (Å²) in [6.45, 7) is 0. The van der Waals surface area contributed by atoms with Gasteiger partial charge in [0.05, 0.1) is 28.9 Å². The van der Waals surface area contributed by atoms with Gasteiger partial charge in [0.2, 0.25) is 0 Å². The number of hydrogen-bond acceptors (Lipinski definition) is 6. The molecule has 1 heterocycles. The van der Waals surface area contributed by atoms with Crippen molar-refractivity contribution >= 4 is 45.8 Å². The zero-order valence-electron chi connectivity index (χ0n) is 19.7. The summed E-state index contributed by atoms with van der Waals surface area (Å²) >= 11 is 6.72. The van der Waals surface area contributed by atoms with Crippen molar-refractivity contribution in [2.75, 3.05) is 24.4 Å². The number of methoxy groups -OCH3 is 1. The first-order valence-corrected chi connectivity index (χ1v) is 11.9. The molecule has 2 fully saturated rings. The number of fused-ring (bicyclic) bond motifs is 1. The van der Waals surface area contributed by atoms with Crippen LogP contribution in [-0.4, -0.2) is 43.2 Å². The van der Waals surface area contributed by atoms with Gasteiger partial charge in [-0.1, -0.05) is 11.6 Å². The van der Waals surface area contributed by atoms with E-state index in [2.05, 4.69) is 15.6 Å². The molecule has 5 rings (SSSR count). The van der Waals surface area contributed by atoms with Crippen LogP contribution in [0.25, 0.3) is 10.9 Å². The standard InChI is InChI=1S/C25H25ClFN5O4/c1-32(13-5-6-13)22-21(26)18(31-25(34)30-12-3-4-12)10-16(27)23(22)36-19-7-8-29-17-11-20(35-2)15(24(28)33)9-14(17)19/h7-13H,3-6H2,1-2H3,(H2,28,33)(H2,30,31,34). The highest BCUT2D eigenvalue weighted by Crippen LogP contribution is 2.48. The van der Waals surface area contributed by atoms with Crippen LogP contribution >= 0.6 is 11.6 Å². The fourth-order valence-corrected chi connectivity index (χ4v) is 4.34. The molecule has 0 spiro atoms. The largest absolute Gasteiger partial charge is 0.496 e. The number of pyridine rings is 1. The van der Waals surface area contributed by atoms with Crippen LogP contribution in [0.2, 0.25) is 5.02 Å². The van der Waals surface area contributed by atoms with Crippen LogP contribution in [0.3, 0.4) is 0 Å². The highest BCUT2D eigenvalue weighted by molar-refractivity contribution is 6.37. The normalized spacial score (nSPS) is 14.9. The summed E-state index contributed by atoms with van der Waals surface area (Å²) in [5.41, 5.74) is 6.58. The summed E-state index contributed by atoms with van der Waals surface area (Å²) in [6, 6.07) is 5.61. The van der Waals surface area contributed by atoms with Crippen molar-refractivity contribution in [2.24, 2.45) is 5.73 Å². The Kier molecular flexibility index (Phi) is 6.21. The molecular formula is C25H25ClFN5O4. The Labute approximate surface area is 211 Å². The van der Waals surface area contributed by atoms with E-state index in [1.807, 2.05) is 4.90 Å². The third kappa shape index (κ3) is 4.68. The van der Waals surface area contributed by atoms with E-state index in [0.717, 1.165) is 31.7 Å². The molecule has 0 atom stereocenters. The second-order valence-corrected chi connectivity index (χ2v) is 9.34. The fraction of sp³-hybridized carbons (Fsp3) is 0.320. The van der Waals surface area contributed by atoms with Gasteiger partial charge in [-0.05, 0) is 37.8 Å². The maximum absolute atomic E-state index is 15.6. The van der Waals surface area contributed by atoms with E-state index in [0.29, 0.717) is 16.6 Å². The molecule has 188 valence electrons. The van der Waals surface area contributed by atoms with Crippen LogP contribution in [0.4, 0.5) is 20.6 Å². The number of rotatable bonds is 8. The lowest BCUT2D eigenvalue weighted by Crippen LogP contribution is -2.30. The van der Waals surface area contributed by atoms with E-state index in [1.165, 1.54) is 19.4 Å². The molecule has 1 aromatic heterocycles. The third-order valence-corrected chi connectivity index (χ3v) is 6.64. The summed E-state index contributed by atoms with van der Waals surface area (Å²) < 4.78 is 27.0. The zero-order valence-corrected chi connectivity index (χ0v) is 20.5. The lowest BCUT2D eigenvalue weighted by atomic mass is 10.1. The first-order valence-electron chi connectivity index (χ1n) is 11.5. The van der Waals surface area contributed by atoms with Gasteiger partial charge in [-0.15, -0.1) is 0 Å². The van der Waals surface area contributed by atoms with Crippen molar-refractivity contribution in [1.82, 2.24) is 10.3 Å². The Hall–Kier alpha value is -3.79. The first-order chi connectivity index (χ1) is 17.3. The maximum atomic E-state index is 15.6. The number of amides is 3. The summed E-state index contributed by atoms with van der Waals surface area (Å²) in [4.78, 5) is 30.4. The number of aromatic nitrogens is 1. The number of nitrogens with two attached hydrogens (primary N) is 1. The van der Waals surface area contributed by atoms with Crippen molar-refractivity contribution in [3.8, 4) is 17.2 Å². The zero-order chi connectivity index (χ0) is 25.6. The Morgan fingerprint density at radius 3 is 2.58 bits per heavy atom. The minimum Gasteiger partial charge on any atom is -0.496 e. The van der Waals surface area contributed by atoms with Crippen molar-refractivity contribution in [2.45, 2.75) is 37.8 Å². The van der Waals surface area contributed by atoms with E-state index in [-0.39, 0.29) is 45.6 Å². The van der Waals surface area contributed by atoms with Crippen LogP contribution in [-0.2, 0) is 0 Å². The molecule has 2 saturated carbocycles.